The van der Waals surface area contributed by atoms with Crippen LogP contribution in [0.1, 0.15) is 44.7 Å². The molecule has 0 saturated heterocycles. The van der Waals surface area contributed by atoms with E-state index in [1.807, 2.05) is 82.3 Å². The van der Waals surface area contributed by atoms with Gasteiger partial charge in [0.15, 0.2) is 6.61 Å². The summed E-state index contributed by atoms with van der Waals surface area (Å²) in [5, 5.41) is 3.02. The highest BCUT2D eigenvalue weighted by Gasteiger charge is 2.29. The minimum atomic E-state index is -0.518. The van der Waals surface area contributed by atoms with Gasteiger partial charge in [0.05, 0.1) is 0 Å². The second kappa shape index (κ2) is 12.0. The molecule has 1 N–H and O–H groups in total. The van der Waals surface area contributed by atoms with Crippen LogP contribution in [0.4, 0.5) is 0 Å². The van der Waals surface area contributed by atoms with Crippen LogP contribution < -0.4 is 10.1 Å². The molecule has 2 amide bonds. The maximum atomic E-state index is 13.1. The standard InChI is InChI=1S/C25H34N2O3/c1-5-20(4)26-25(29)22(6-2)27(17-16-21-13-8-7-9-14-21)24(28)18-30-23-15-11-10-12-19(23)3/h7-15,20,22H,5-6,16-18H2,1-4H3,(H,26,29)/t20-,22+/m0/s1. The van der Waals surface area contributed by atoms with Gasteiger partial charge in [-0.3, -0.25) is 9.59 Å². The number of ether oxygens (including phenoxy) is 1. The van der Waals surface area contributed by atoms with Gasteiger partial charge in [-0.15, -0.1) is 0 Å². The zero-order valence-corrected chi connectivity index (χ0v) is 18.6. The highest BCUT2D eigenvalue weighted by molar-refractivity contribution is 5.88. The molecule has 0 aliphatic carbocycles. The van der Waals surface area contributed by atoms with Crippen LogP contribution in [-0.2, 0) is 16.0 Å². The molecule has 2 atom stereocenters. The van der Waals surface area contributed by atoms with E-state index < -0.39 is 6.04 Å². The molecular weight excluding hydrogens is 376 g/mol. The number of nitrogens with zero attached hydrogens (tertiary/aromatic N) is 1. The molecule has 0 saturated carbocycles. The largest absolute Gasteiger partial charge is 0.484 e. The Morgan fingerprint density at radius 2 is 1.67 bits per heavy atom. The molecule has 0 aliphatic heterocycles. The highest BCUT2D eigenvalue weighted by Crippen LogP contribution is 2.17. The van der Waals surface area contributed by atoms with Gasteiger partial charge in [-0.25, -0.2) is 0 Å². The Hall–Kier alpha value is -2.82. The van der Waals surface area contributed by atoms with Gasteiger partial charge in [0.2, 0.25) is 5.91 Å². The summed E-state index contributed by atoms with van der Waals surface area (Å²) >= 11 is 0. The molecule has 0 aliphatic rings. The summed E-state index contributed by atoms with van der Waals surface area (Å²) in [6.45, 7) is 8.26. The van der Waals surface area contributed by atoms with Crippen molar-refractivity contribution in [3.05, 3.63) is 65.7 Å². The Balaban J connectivity index is 2.14. The first-order chi connectivity index (χ1) is 14.5. The molecule has 2 aromatic rings. The fourth-order valence-electron chi connectivity index (χ4n) is 3.28. The van der Waals surface area contributed by atoms with Crippen molar-refractivity contribution in [2.24, 2.45) is 0 Å². The lowest BCUT2D eigenvalue weighted by Crippen LogP contribution is -2.52. The molecular formula is C25H34N2O3. The molecule has 0 heterocycles. The van der Waals surface area contributed by atoms with Crippen molar-refractivity contribution in [2.45, 2.75) is 59.0 Å². The van der Waals surface area contributed by atoms with Gasteiger partial charge in [-0.1, -0.05) is 62.4 Å². The number of hydrogen-bond donors (Lipinski definition) is 1. The molecule has 2 aromatic carbocycles. The highest BCUT2D eigenvalue weighted by atomic mass is 16.5. The Kier molecular flexibility index (Phi) is 9.39. The average Bonchev–Trinajstić information content (AvgIpc) is 2.76. The van der Waals surface area contributed by atoms with Crippen LogP contribution in [0.25, 0.3) is 0 Å². The van der Waals surface area contributed by atoms with Crippen LogP contribution in [-0.4, -0.2) is 41.9 Å². The monoisotopic (exact) mass is 410 g/mol. The summed E-state index contributed by atoms with van der Waals surface area (Å²) < 4.78 is 5.79. The zero-order valence-electron chi connectivity index (χ0n) is 18.6. The predicted molar refractivity (Wildman–Crippen MR) is 121 cm³/mol. The van der Waals surface area contributed by atoms with E-state index in [1.54, 1.807) is 4.90 Å². The Labute approximate surface area is 180 Å². The fourth-order valence-corrected chi connectivity index (χ4v) is 3.28. The van der Waals surface area contributed by atoms with Crippen molar-refractivity contribution in [1.82, 2.24) is 10.2 Å². The van der Waals surface area contributed by atoms with Crippen molar-refractivity contribution in [2.75, 3.05) is 13.2 Å². The maximum absolute atomic E-state index is 13.1. The number of carbonyl (C=O) groups excluding carboxylic acids is 2. The molecule has 162 valence electrons. The quantitative estimate of drug-likeness (QED) is 0.606. The predicted octanol–water partition coefficient (Wildman–Crippen LogP) is 4.14. The van der Waals surface area contributed by atoms with Gasteiger partial charge in [0.1, 0.15) is 11.8 Å². The van der Waals surface area contributed by atoms with Crippen molar-refractivity contribution in [3.8, 4) is 5.75 Å². The van der Waals surface area contributed by atoms with E-state index in [9.17, 15) is 9.59 Å². The van der Waals surface area contributed by atoms with Gasteiger partial charge < -0.3 is 15.0 Å². The minimum Gasteiger partial charge on any atom is -0.484 e. The number of nitrogens with one attached hydrogen (secondary N) is 1. The van der Waals surface area contributed by atoms with Crippen molar-refractivity contribution in [3.63, 3.8) is 0 Å². The molecule has 0 fully saturated rings. The second-order valence-corrected chi connectivity index (χ2v) is 7.62. The molecule has 5 heteroatoms. The third-order valence-corrected chi connectivity index (χ3v) is 5.32. The average molecular weight is 411 g/mol. The lowest BCUT2D eigenvalue weighted by Gasteiger charge is -2.31. The molecule has 2 rings (SSSR count). The molecule has 0 spiro atoms. The number of amides is 2. The molecule has 5 nitrogen and oxygen atoms in total. The van der Waals surface area contributed by atoms with Crippen LogP contribution >= 0.6 is 0 Å². The number of para-hydroxylation sites is 1. The summed E-state index contributed by atoms with van der Waals surface area (Å²) in [5.41, 5.74) is 2.11. The van der Waals surface area contributed by atoms with E-state index in [0.717, 1.165) is 17.5 Å². The third kappa shape index (κ3) is 6.90. The minimum absolute atomic E-state index is 0.0702. The maximum Gasteiger partial charge on any atom is 0.261 e. The van der Waals surface area contributed by atoms with E-state index in [0.29, 0.717) is 25.1 Å². The van der Waals surface area contributed by atoms with Crippen LogP contribution in [0, 0.1) is 6.92 Å². The second-order valence-electron chi connectivity index (χ2n) is 7.62. The Morgan fingerprint density at radius 3 is 2.30 bits per heavy atom. The van der Waals surface area contributed by atoms with E-state index >= 15 is 0 Å². The molecule has 30 heavy (non-hydrogen) atoms. The summed E-state index contributed by atoms with van der Waals surface area (Å²) in [4.78, 5) is 27.7. The Morgan fingerprint density at radius 1 is 1.00 bits per heavy atom. The van der Waals surface area contributed by atoms with E-state index in [2.05, 4.69) is 5.32 Å². The lowest BCUT2D eigenvalue weighted by atomic mass is 10.1. The van der Waals surface area contributed by atoms with Gasteiger partial charge in [-0.2, -0.15) is 0 Å². The van der Waals surface area contributed by atoms with Crippen LogP contribution in [0.5, 0.6) is 5.75 Å². The lowest BCUT2D eigenvalue weighted by molar-refractivity contribution is -0.142. The van der Waals surface area contributed by atoms with Crippen LogP contribution in [0.15, 0.2) is 54.6 Å². The van der Waals surface area contributed by atoms with E-state index in [-0.39, 0.29) is 24.5 Å². The first-order valence-corrected chi connectivity index (χ1v) is 10.8. The first kappa shape index (κ1) is 23.5. The van der Waals surface area contributed by atoms with E-state index in [4.69, 9.17) is 4.74 Å². The number of benzene rings is 2. The van der Waals surface area contributed by atoms with Gasteiger partial charge in [0, 0.05) is 12.6 Å². The number of rotatable bonds is 11. The smallest absolute Gasteiger partial charge is 0.261 e. The van der Waals surface area contributed by atoms with E-state index in [1.165, 1.54) is 0 Å². The zero-order chi connectivity index (χ0) is 21.9. The van der Waals surface area contributed by atoms with Crippen molar-refractivity contribution in [1.29, 1.82) is 0 Å². The fraction of sp³-hybridized carbons (Fsp3) is 0.440. The summed E-state index contributed by atoms with van der Waals surface area (Å²) in [7, 11) is 0. The van der Waals surface area contributed by atoms with Crippen LogP contribution in [0.3, 0.4) is 0 Å². The van der Waals surface area contributed by atoms with Crippen molar-refractivity contribution < 1.29 is 14.3 Å². The third-order valence-electron chi connectivity index (χ3n) is 5.32. The molecule has 0 unspecified atom stereocenters. The van der Waals surface area contributed by atoms with Crippen molar-refractivity contribution >= 4 is 11.8 Å². The normalized spacial score (nSPS) is 12.7. The summed E-state index contributed by atoms with van der Waals surface area (Å²) in [6, 6.07) is 17.2. The molecule has 0 radical (unpaired) electrons. The molecule has 0 aromatic heterocycles. The number of carbonyl (C=O) groups is 2. The summed E-state index contributed by atoms with van der Waals surface area (Å²) in [5.74, 6) is 0.399. The summed E-state index contributed by atoms with van der Waals surface area (Å²) in [6.07, 6.45) is 2.08. The SMILES string of the molecule is CC[C@H](C(=O)N[C@@H](C)CC)N(CCc1ccccc1)C(=O)COc1ccccc1C. The van der Waals surface area contributed by atoms with Gasteiger partial charge in [0.25, 0.3) is 5.91 Å². The first-order valence-electron chi connectivity index (χ1n) is 10.8. The Bertz CT molecular complexity index is 807. The van der Waals surface area contributed by atoms with Crippen LogP contribution in [0.2, 0.25) is 0 Å². The van der Waals surface area contributed by atoms with Gasteiger partial charge in [-0.05, 0) is 50.3 Å². The topological polar surface area (TPSA) is 58.6 Å². The van der Waals surface area contributed by atoms with Gasteiger partial charge >= 0.3 is 0 Å². The number of hydrogen-bond acceptors (Lipinski definition) is 3. The molecule has 0 bridgehead atoms. The number of aryl methyl sites for hydroxylation is 1.